The average Bonchev–Trinajstić information content (AvgIpc) is 3.06. The summed E-state index contributed by atoms with van der Waals surface area (Å²) in [6.07, 6.45) is -0.549. The topological polar surface area (TPSA) is 82.0 Å². The van der Waals surface area contributed by atoms with Crippen molar-refractivity contribution in [3.8, 4) is 0 Å². The maximum absolute atomic E-state index is 12.2. The van der Waals surface area contributed by atoms with Crippen LogP contribution in [0.1, 0.15) is 27.2 Å². The quantitative estimate of drug-likeness (QED) is 0.722. The van der Waals surface area contributed by atoms with Crippen molar-refractivity contribution in [2.24, 2.45) is 10.3 Å². The molecule has 3 aliphatic rings. The first-order valence-corrected chi connectivity index (χ1v) is 7.00. The molecule has 0 saturated carbocycles. The highest BCUT2D eigenvalue weighted by atomic mass is 16.7. The third kappa shape index (κ3) is 2.13. The molecule has 0 aromatic heterocycles. The molecule has 0 aromatic rings. The van der Waals surface area contributed by atoms with E-state index in [-0.39, 0.29) is 24.3 Å². The van der Waals surface area contributed by atoms with Crippen molar-refractivity contribution in [3.63, 3.8) is 0 Å². The van der Waals surface area contributed by atoms with E-state index in [4.69, 9.17) is 18.9 Å². The van der Waals surface area contributed by atoms with Gasteiger partial charge in [0.15, 0.2) is 5.79 Å². The molecule has 0 aromatic carbocycles. The second kappa shape index (κ2) is 4.62. The first kappa shape index (κ1) is 14.7. The Kier molecular flexibility index (Phi) is 3.23. The fraction of sp³-hybridized carbons (Fsp3) is 0.923. The Balaban J connectivity index is 1.77. The lowest BCUT2D eigenvalue weighted by Gasteiger charge is -2.36. The summed E-state index contributed by atoms with van der Waals surface area (Å²) in [4.78, 5) is 12.2. The number of nitrogens with zero attached hydrogens (tertiary/aromatic N) is 3. The monoisotopic (exact) mass is 299 g/mol. The highest BCUT2D eigenvalue weighted by Crippen LogP contribution is 2.49. The molecule has 3 aliphatic heterocycles. The van der Waals surface area contributed by atoms with E-state index in [0.717, 1.165) is 0 Å². The Labute approximate surface area is 123 Å². The number of methoxy groups -OCH3 is 2. The van der Waals surface area contributed by atoms with Gasteiger partial charge in [-0.1, -0.05) is 5.22 Å². The van der Waals surface area contributed by atoms with Crippen LogP contribution in [0, 0.1) is 0 Å². The molecule has 0 spiro atoms. The van der Waals surface area contributed by atoms with Crippen LogP contribution in [0.4, 0.5) is 4.79 Å². The van der Waals surface area contributed by atoms with Crippen molar-refractivity contribution in [2.45, 2.75) is 62.9 Å². The summed E-state index contributed by atoms with van der Waals surface area (Å²) in [6, 6.07) is -0.528. The first-order valence-electron chi connectivity index (χ1n) is 7.00. The molecule has 118 valence electrons. The molecule has 0 unspecified atom stereocenters. The number of hydrogen-bond acceptors (Lipinski definition) is 7. The van der Waals surface area contributed by atoms with Gasteiger partial charge < -0.3 is 18.9 Å². The molecule has 1 amide bonds. The van der Waals surface area contributed by atoms with Crippen molar-refractivity contribution in [1.82, 2.24) is 5.01 Å². The molecule has 2 saturated heterocycles. The van der Waals surface area contributed by atoms with Gasteiger partial charge in [-0.2, -0.15) is 10.1 Å². The molecule has 0 aliphatic carbocycles. The summed E-state index contributed by atoms with van der Waals surface area (Å²) in [5.74, 6) is -0.811. The van der Waals surface area contributed by atoms with E-state index in [0.29, 0.717) is 6.42 Å². The van der Waals surface area contributed by atoms with Crippen molar-refractivity contribution in [2.75, 3.05) is 14.2 Å². The van der Waals surface area contributed by atoms with Crippen LogP contribution in [0.5, 0.6) is 0 Å². The van der Waals surface area contributed by atoms with Crippen LogP contribution in [0.3, 0.4) is 0 Å². The predicted molar refractivity (Wildman–Crippen MR) is 70.5 cm³/mol. The van der Waals surface area contributed by atoms with Gasteiger partial charge >= 0.3 is 6.09 Å². The van der Waals surface area contributed by atoms with Crippen LogP contribution in [0.2, 0.25) is 0 Å². The fourth-order valence-corrected chi connectivity index (χ4v) is 3.23. The molecule has 0 N–H and O–H groups in total. The van der Waals surface area contributed by atoms with Crippen LogP contribution in [-0.4, -0.2) is 61.0 Å². The number of amides is 1. The Morgan fingerprint density at radius 2 is 2.00 bits per heavy atom. The summed E-state index contributed by atoms with van der Waals surface area (Å²) in [5.41, 5.74) is -0.577. The summed E-state index contributed by atoms with van der Waals surface area (Å²) < 4.78 is 22.2. The molecule has 3 rings (SSSR count). The van der Waals surface area contributed by atoms with E-state index in [1.807, 2.05) is 20.8 Å². The number of hydrogen-bond donors (Lipinski definition) is 0. The smallest absolute Gasteiger partial charge is 0.432 e. The standard InChI is InChI=1S/C13H21N3O5/c1-12(2,3)21-11(17)16-9-7-6-13(18-4,19-5)10(20-7)8(9)14-15-16/h7-10H,6H2,1-5H3/t7-,8-,9+,10-/m1/s1. The Morgan fingerprint density at radius 1 is 1.33 bits per heavy atom. The molecule has 2 bridgehead atoms. The Bertz CT molecular complexity index is 471. The highest BCUT2D eigenvalue weighted by Gasteiger charge is 2.67. The summed E-state index contributed by atoms with van der Waals surface area (Å²) in [7, 11) is 3.17. The lowest BCUT2D eigenvalue weighted by atomic mass is 9.86. The number of carbonyl (C=O) groups is 1. The fourth-order valence-electron chi connectivity index (χ4n) is 3.23. The van der Waals surface area contributed by atoms with Crippen molar-refractivity contribution >= 4 is 6.09 Å². The zero-order valence-corrected chi connectivity index (χ0v) is 12.9. The zero-order valence-electron chi connectivity index (χ0n) is 12.9. The maximum Gasteiger partial charge on any atom is 0.432 e. The van der Waals surface area contributed by atoms with E-state index in [9.17, 15) is 4.79 Å². The minimum atomic E-state index is -0.811. The number of ether oxygens (including phenoxy) is 4. The molecule has 4 atom stereocenters. The third-order valence-corrected chi connectivity index (χ3v) is 4.12. The number of carbonyl (C=O) groups excluding carboxylic acids is 1. The van der Waals surface area contributed by atoms with Gasteiger partial charge in [0.2, 0.25) is 0 Å². The average molecular weight is 299 g/mol. The van der Waals surface area contributed by atoms with Gasteiger partial charge in [0, 0.05) is 20.6 Å². The second-order valence-corrected chi connectivity index (χ2v) is 6.53. The third-order valence-electron chi connectivity index (χ3n) is 4.12. The van der Waals surface area contributed by atoms with E-state index < -0.39 is 17.5 Å². The van der Waals surface area contributed by atoms with E-state index in [1.165, 1.54) is 5.01 Å². The molecular weight excluding hydrogens is 278 g/mol. The van der Waals surface area contributed by atoms with Gasteiger partial charge in [-0.05, 0) is 20.8 Å². The number of rotatable bonds is 2. The molecule has 21 heavy (non-hydrogen) atoms. The van der Waals surface area contributed by atoms with Crippen LogP contribution in [-0.2, 0) is 18.9 Å². The lowest BCUT2D eigenvalue weighted by molar-refractivity contribution is -0.234. The Hall–Kier alpha value is -1.25. The van der Waals surface area contributed by atoms with Crippen LogP contribution in [0.15, 0.2) is 10.3 Å². The predicted octanol–water partition coefficient (Wildman–Crippen LogP) is 1.50. The SMILES string of the molecule is COC1(OC)C[C@H]2O[C@@H]1[C@@H]1N=NN(C(=O)OC(C)(C)C)[C@H]12. The largest absolute Gasteiger partial charge is 0.442 e. The minimum absolute atomic E-state index is 0.220. The summed E-state index contributed by atoms with van der Waals surface area (Å²) in [5, 5.41) is 9.43. The minimum Gasteiger partial charge on any atom is -0.442 e. The van der Waals surface area contributed by atoms with Gasteiger partial charge in [-0.25, -0.2) is 4.79 Å². The number of fused-ring (bicyclic) bond motifs is 5. The van der Waals surface area contributed by atoms with Gasteiger partial charge in [0.05, 0.1) is 6.10 Å². The zero-order chi connectivity index (χ0) is 15.4. The molecule has 8 nitrogen and oxygen atoms in total. The van der Waals surface area contributed by atoms with Crippen molar-refractivity contribution < 1.29 is 23.7 Å². The molecular formula is C13H21N3O5. The summed E-state index contributed by atoms with van der Waals surface area (Å²) >= 11 is 0. The maximum atomic E-state index is 12.2. The van der Waals surface area contributed by atoms with E-state index in [2.05, 4.69) is 10.3 Å². The Morgan fingerprint density at radius 3 is 2.57 bits per heavy atom. The molecule has 0 radical (unpaired) electrons. The second-order valence-electron chi connectivity index (χ2n) is 6.53. The van der Waals surface area contributed by atoms with Crippen LogP contribution < -0.4 is 0 Å². The molecule has 8 heteroatoms. The molecule has 2 fully saturated rings. The molecule has 3 heterocycles. The van der Waals surface area contributed by atoms with Crippen LogP contribution >= 0.6 is 0 Å². The van der Waals surface area contributed by atoms with Gasteiger partial charge in [-0.15, -0.1) is 0 Å². The van der Waals surface area contributed by atoms with Crippen molar-refractivity contribution in [1.29, 1.82) is 0 Å². The summed E-state index contributed by atoms with van der Waals surface area (Å²) in [6.45, 7) is 5.44. The van der Waals surface area contributed by atoms with Crippen molar-refractivity contribution in [3.05, 3.63) is 0 Å². The van der Waals surface area contributed by atoms with Gasteiger partial charge in [0.1, 0.15) is 23.8 Å². The van der Waals surface area contributed by atoms with Crippen LogP contribution in [0.25, 0.3) is 0 Å². The van der Waals surface area contributed by atoms with Gasteiger partial charge in [-0.3, -0.25) is 0 Å². The lowest BCUT2D eigenvalue weighted by Crippen LogP contribution is -2.56. The normalized spacial score (nSPS) is 36.1. The van der Waals surface area contributed by atoms with E-state index in [1.54, 1.807) is 14.2 Å². The first-order chi connectivity index (χ1) is 9.81. The van der Waals surface area contributed by atoms with E-state index >= 15 is 0 Å². The highest BCUT2D eigenvalue weighted by molar-refractivity contribution is 5.68. The van der Waals surface area contributed by atoms with Gasteiger partial charge in [0.25, 0.3) is 0 Å².